The van der Waals surface area contributed by atoms with E-state index in [1.807, 2.05) is 20.8 Å². The molecule has 19 heavy (non-hydrogen) atoms. The van der Waals surface area contributed by atoms with Gasteiger partial charge in [-0.05, 0) is 32.9 Å². The lowest BCUT2D eigenvalue weighted by molar-refractivity contribution is -0.121. The van der Waals surface area contributed by atoms with E-state index in [2.05, 4.69) is 5.32 Å². The number of carbonyl (C=O) groups is 1. The average molecular weight is 267 g/mol. The van der Waals surface area contributed by atoms with Crippen LogP contribution in [0.3, 0.4) is 0 Å². The van der Waals surface area contributed by atoms with E-state index in [1.165, 1.54) is 0 Å². The van der Waals surface area contributed by atoms with Gasteiger partial charge in [0.15, 0.2) is 11.5 Å². The highest BCUT2D eigenvalue weighted by molar-refractivity contribution is 5.92. The smallest absolute Gasteiger partial charge is 0.250 e. The molecule has 1 rings (SSSR count). The summed E-state index contributed by atoms with van der Waals surface area (Å²) in [7, 11) is 1.56. The second kappa shape index (κ2) is 7.63. The van der Waals surface area contributed by atoms with Gasteiger partial charge in [-0.25, -0.2) is 0 Å². The molecule has 106 valence electrons. The fourth-order valence-corrected chi connectivity index (χ4v) is 1.46. The summed E-state index contributed by atoms with van der Waals surface area (Å²) < 4.78 is 15.8. The third-order valence-electron chi connectivity index (χ3n) is 2.29. The Labute approximate surface area is 113 Å². The van der Waals surface area contributed by atoms with Crippen molar-refractivity contribution in [3.8, 4) is 11.5 Å². The Kier molecular flexibility index (Phi) is 6.15. The first-order chi connectivity index (χ1) is 9.06. The van der Waals surface area contributed by atoms with Crippen molar-refractivity contribution in [1.82, 2.24) is 0 Å². The van der Waals surface area contributed by atoms with Gasteiger partial charge < -0.3 is 19.5 Å². The fourth-order valence-electron chi connectivity index (χ4n) is 1.46. The number of hydrogen-bond donors (Lipinski definition) is 1. The zero-order chi connectivity index (χ0) is 14.3. The molecule has 0 bridgehead atoms. The molecule has 0 spiro atoms. The molecular weight excluding hydrogens is 246 g/mol. The van der Waals surface area contributed by atoms with Crippen LogP contribution in [0.2, 0.25) is 0 Å². The van der Waals surface area contributed by atoms with Gasteiger partial charge in [-0.15, -0.1) is 0 Å². The molecule has 0 atom stereocenters. The van der Waals surface area contributed by atoms with Crippen LogP contribution in [0.4, 0.5) is 5.69 Å². The topological polar surface area (TPSA) is 56.8 Å². The molecule has 0 heterocycles. The predicted octanol–water partition coefficient (Wildman–Crippen LogP) is 2.46. The van der Waals surface area contributed by atoms with E-state index < -0.39 is 0 Å². The van der Waals surface area contributed by atoms with E-state index >= 15 is 0 Å². The molecule has 1 aromatic rings. The normalized spacial score (nSPS) is 10.4. The minimum absolute atomic E-state index is 0.0283. The van der Waals surface area contributed by atoms with Crippen molar-refractivity contribution in [2.24, 2.45) is 0 Å². The molecule has 5 nitrogen and oxygen atoms in total. The molecule has 0 aromatic heterocycles. The van der Waals surface area contributed by atoms with Crippen molar-refractivity contribution >= 4 is 11.6 Å². The first-order valence-electron chi connectivity index (χ1n) is 6.29. The Bertz CT molecular complexity index is 418. The Hall–Kier alpha value is -1.75. The van der Waals surface area contributed by atoms with Gasteiger partial charge >= 0.3 is 0 Å². The van der Waals surface area contributed by atoms with Crippen molar-refractivity contribution in [1.29, 1.82) is 0 Å². The monoisotopic (exact) mass is 267 g/mol. The Morgan fingerprint density at radius 3 is 2.63 bits per heavy atom. The largest absolute Gasteiger partial charge is 0.493 e. The van der Waals surface area contributed by atoms with Gasteiger partial charge in [0.05, 0.1) is 19.8 Å². The van der Waals surface area contributed by atoms with Crippen LogP contribution in [0, 0.1) is 0 Å². The molecule has 0 unspecified atom stereocenters. The third kappa shape index (κ3) is 5.18. The van der Waals surface area contributed by atoms with Gasteiger partial charge in [0.1, 0.15) is 6.61 Å². The lowest BCUT2D eigenvalue weighted by atomic mass is 10.2. The minimum atomic E-state index is -0.195. The zero-order valence-corrected chi connectivity index (χ0v) is 11.9. The number of ether oxygens (including phenoxy) is 3. The summed E-state index contributed by atoms with van der Waals surface area (Å²) in [6, 6.07) is 5.25. The molecule has 0 aliphatic carbocycles. The molecule has 1 amide bonds. The number of carbonyl (C=O) groups excluding carboxylic acids is 1. The molecule has 5 heteroatoms. The quantitative estimate of drug-likeness (QED) is 0.824. The van der Waals surface area contributed by atoms with Crippen molar-refractivity contribution in [3.05, 3.63) is 18.2 Å². The number of anilines is 1. The van der Waals surface area contributed by atoms with E-state index in [1.54, 1.807) is 25.3 Å². The van der Waals surface area contributed by atoms with Gasteiger partial charge in [0.25, 0.3) is 0 Å². The number of rotatable bonds is 7. The third-order valence-corrected chi connectivity index (χ3v) is 2.29. The van der Waals surface area contributed by atoms with E-state index in [0.29, 0.717) is 23.8 Å². The molecule has 1 N–H and O–H groups in total. The van der Waals surface area contributed by atoms with E-state index in [-0.39, 0.29) is 18.6 Å². The second-order valence-corrected chi connectivity index (χ2v) is 4.21. The number of methoxy groups -OCH3 is 1. The summed E-state index contributed by atoms with van der Waals surface area (Å²) in [4.78, 5) is 11.6. The minimum Gasteiger partial charge on any atom is -0.493 e. The van der Waals surface area contributed by atoms with Crippen molar-refractivity contribution in [2.45, 2.75) is 26.9 Å². The van der Waals surface area contributed by atoms with Gasteiger partial charge in [-0.2, -0.15) is 0 Å². The van der Waals surface area contributed by atoms with Crippen LogP contribution in [0.25, 0.3) is 0 Å². The number of nitrogens with one attached hydrogen (secondary N) is 1. The van der Waals surface area contributed by atoms with Gasteiger partial charge in [0, 0.05) is 11.8 Å². The van der Waals surface area contributed by atoms with Crippen LogP contribution < -0.4 is 14.8 Å². The van der Waals surface area contributed by atoms with Crippen molar-refractivity contribution in [3.63, 3.8) is 0 Å². The summed E-state index contributed by atoms with van der Waals surface area (Å²) in [5.74, 6) is 1.05. The first kappa shape index (κ1) is 15.3. The summed E-state index contributed by atoms with van der Waals surface area (Å²) in [6.07, 6.45) is 0.0283. The predicted molar refractivity (Wildman–Crippen MR) is 73.9 cm³/mol. The molecule has 0 aliphatic heterocycles. The van der Waals surface area contributed by atoms with Crippen LogP contribution in [0.5, 0.6) is 11.5 Å². The summed E-state index contributed by atoms with van der Waals surface area (Å²) in [6.45, 7) is 6.26. The number of amides is 1. The molecular formula is C14H21NO4. The lowest BCUT2D eigenvalue weighted by Gasteiger charge is -2.12. The van der Waals surface area contributed by atoms with Gasteiger partial charge in [-0.3, -0.25) is 4.79 Å². The molecule has 0 fully saturated rings. The Balaban J connectivity index is 2.66. The van der Waals surface area contributed by atoms with Gasteiger partial charge in [0.2, 0.25) is 5.91 Å². The Morgan fingerprint density at radius 2 is 2.05 bits per heavy atom. The summed E-state index contributed by atoms with van der Waals surface area (Å²) in [5.41, 5.74) is 0.651. The molecule has 0 saturated carbocycles. The average Bonchev–Trinajstić information content (AvgIpc) is 2.38. The van der Waals surface area contributed by atoms with Crippen LogP contribution in [0.1, 0.15) is 20.8 Å². The zero-order valence-electron chi connectivity index (χ0n) is 11.9. The summed E-state index contributed by atoms with van der Waals surface area (Å²) >= 11 is 0. The van der Waals surface area contributed by atoms with Crippen molar-refractivity contribution in [2.75, 3.05) is 25.6 Å². The highest BCUT2D eigenvalue weighted by Gasteiger charge is 2.08. The maximum atomic E-state index is 11.6. The van der Waals surface area contributed by atoms with E-state index in [0.717, 1.165) is 0 Å². The molecule has 1 aromatic carbocycles. The second-order valence-electron chi connectivity index (χ2n) is 4.21. The van der Waals surface area contributed by atoms with Crippen molar-refractivity contribution < 1.29 is 19.0 Å². The molecule has 0 aliphatic rings. The Morgan fingerprint density at radius 1 is 1.32 bits per heavy atom. The summed E-state index contributed by atoms with van der Waals surface area (Å²) in [5, 5.41) is 2.74. The highest BCUT2D eigenvalue weighted by atomic mass is 16.5. The SMILES string of the molecule is CCOc1ccc(NC(=O)COC(C)C)cc1OC. The van der Waals surface area contributed by atoms with Crippen LogP contribution >= 0.6 is 0 Å². The first-order valence-corrected chi connectivity index (χ1v) is 6.29. The fraction of sp³-hybridized carbons (Fsp3) is 0.500. The maximum absolute atomic E-state index is 11.6. The number of benzene rings is 1. The standard InChI is InChI=1S/C14H21NO4/c1-5-18-12-7-6-11(8-13(12)17-4)15-14(16)9-19-10(2)3/h6-8,10H,5,9H2,1-4H3,(H,15,16). The van der Waals surface area contributed by atoms with E-state index in [9.17, 15) is 4.79 Å². The molecule has 0 saturated heterocycles. The van der Waals surface area contributed by atoms with E-state index in [4.69, 9.17) is 14.2 Å². The number of hydrogen-bond acceptors (Lipinski definition) is 4. The highest BCUT2D eigenvalue weighted by Crippen LogP contribution is 2.30. The van der Waals surface area contributed by atoms with Crippen LogP contribution in [-0.4, -0.2) is 32.3 Å². The lowest BCUT2D eigenvalue weighted by Crippen LogP contribution is -2.20. The van der Waals surface area contributed by atoms with Gasteiger partial charge in [-0.1, -0.05) is 0 Å². The van der Waals surface area contributed by atoms with Crippen LogP contribution in [0.15, 0.2) is 18.2 Å². The maximum Gasteiger partial charge on any atom is 0.250 e. The molecule has 0 radical (unpaired) electrons. The van der Waals surface area contributed by atoms with Crippen LogP contribution in [-0.2, 0) is 9.53 Å².